The van der Waals surface area contributed by atoms with Crippen molar-refractivity contribution in [2.75, 3.05) is 0 Å². The van der Waals surface area contributed by atoms with Gasteiger partial charge in [0.05, 0.1) is 0 Å². The lowest BCUT2D eigenvalue weighted by Crippen LogP contribution is -2.25. The topological polar surface area (TPSA) is 0 Å². The Morgan fingerprint density at radius 2 is 1.64 bits per heavy atom. The van der Waals surface area contributed by atoms with Crippen molar-refractivity contribution in [2.24, 2.45) is 0 Å². The molecule has 0 atom stereocenters. The fraction of sp³-hybridized carbons (Fsp3) is 0.167. The van der Waals surface area contributed by atoms with Crippen LogP contribution >= 0.6 is 11.3 Å². The van der Waals surface area contributed by atoms with Gasteiger partial charge in [-0.1, -0.05) is 74.5 Å². The summed E-state index contributed by atoms with van der Waals surface area (Å²) in [5, 5.41) is 5.13. The van der Waals surface area contributed by atoms with E-state index in [-0.39, 0.29) is 0 Å². The Balaban J connectivity index is 1.96. The van der Waals surface area contributed by atoms with Crippen molar-refractivity contribution >= 4 is 43.7 Å². The van der Waals surface area contributed by atoms with E-state index in [0.717, 1.165) is 11.6 Å². The van der Waals surface area contributed by atoms with Crippen LogP contribution in [0.25, 0.3) is 32.3 Å². The maximum Gasteiger partial charge on any atom is 0.0361 e. The molecule has 0 amide bonds. The Bertz CT molecular complexity index is 1150. The van der Waals surface area contributed by atoms with E-state index in [0.29, 0.717) is 0 Å². The summed E-state index contributed by atoms with van der Waals surface area (Å²) in [7, 11) is 0. The first kappa shape index (κ1) is 16.1. The maximum atomic E-state index is 4.25. The van der Waals surface area contributed by atoms with E-state index in [1.807, 2.05) is 11.3 Å². The van der Waals surface area contributed by atoms with Crippen LogP contribution in [-0.2, 0) is 0 Å². The van der Waals surface area contributed by atoms with Crippen molar-refractivity contribution in [3.05, 3.63) is 82.7 Å². The Kier molecular flexibility index (Phi) is 4.42. The molecule has 4 rings (SSSR count). The third kappa shape index (κ3) is 3.01. The Morgan fingerprint density at radius 3 is 2.48 bits per heavy atom. The highest BCUT2D eigenvalue weighted by Crippen LogP contribution is 2.35. The first-order chi connectivity index (χ1) is 12.3. The summed E-state index contributed by atoms with van der Waals surface area (Å²) in [5.41, 5.74) is 2.76. The fourth-order valence-corrected chi connectivity index (χ4v) is 4.66. The second-order valence-corrected chi connectivity index (χ2v) is 7.63. The summed E-state index contributed by atoms with van der Waals surface area (Å²) in [6, 6.07) is 24.1. The quantitative estimate of drug-likeness (QED) is 0.436. The van der Waals surface area contributed by atoms with Gasteiger partial charge >= 0.3 is 0 Å². The molecule has 0 radical (unpaired) electrons. The fourth-order valence-electron chi connectivity index (χ4n) is 3.52. The van der Waals surface area contributed by atoms with Crippen LogP contribution < -0.4 is 10.4 Å². The Labute approximate surface area is 152 Å². The number of benzene rings is 3. The van der Waals surface area contributed by atoms with E-state index >= 15 is 0 Å². The van der Waals surface area contributed by atoms with E-state index < -0.39 is 0 Å². The number of hydrogen-bond acceptors (Lipinski definition) is 1. The second-order valence-electron chi connectivity index (χ2n) is 6.55. The van der Waals surface area contributed by atoms with Crippen LogP contribution in [0.15, 0.2) is 66.7 Å². The van der Waals surface area contributed by atoms with Crippen molar-refractivity contribution in [1.29, 1.82) is 0 Å². The van der Waals surface area contributed by atoms with Gasteiger partial charge in [-0.15, -0.1) is 11.3 Å². The highest BCUT2D eigenvalue weighted by molar-refractivity contribution is 7.25. The van der Waals surface area contributed by atoms with Gasteiger partial charge in [-0.3, -0.25) is 0 Å². The third-order valence-electron chi connectivity index (χ3n) is 4.85. The number of hydrogen-bond donors (Lipinski definition) is 0. The van der Waals surface area contributed by atoms with Crippen LogP contribution in [0.5, 0.6) is 0 Å². The summed E-state index contributed by atoms with van der Waals surface area (Å²) in [4.78, 5) is 0. The van der Waals surface area contributed by atoms with E-state index in [1.54, 1.807) is 0 Å². The molecule has 1 aromatic heterocycles. The molecule has 0 N–H and O–H groups in total. The standard InChI is InChI=1S/C24H22S/c1-3-4-10-20(19-11-6-5-9-17(19)2)18-14-15-22-21-12-7-8-13-23(21)25-24(22)16-18/h5-9,11-16H,2-4,10H2,1H3/b20-19+. The minimum atomic E-state index is 1.10. The summed E-state index contributed by atoms with van der Waals surface area (Å²) in [6.45, 7) is 6.51. The molecule has 0 aliphatic rings. The van der Waals surface area contributed by atoms with Crippen LogP contribution in [-0.4, -0.2) is 0 Å². The Morgan fingerprint density at radius 1 is 0.880 bits per heavy atom. The van der Waals surface area contributed by atoms with Crippen LogP contribution in [0.4, 0.5) is 0 Å². The summed E-state index contributed by atoms with van der Waals surface area (Å²) >= 11 is 1.89. The molecule has 3 aromatic carbocycles. The molecule has 1 heteroatoms. The minimum absolute atomic E-state index is 1.10. The van der Waals surface area contributed by atoms with Crippen molar-refractivity contribution in [3.63, 3.8) is 0 Å². The SMILES string of the molecule is C=c1cccc/c1=C(/CCCC)c1ccc2c(c1)sc1ccccc12. The molecule has 0 unspecified atom stereocenters. The zero-order valence-corrected chi connectivity index (χ0v) is 15.4. The molecular formula is C24H22S. The molecule has 0 bridgehead atoms. The summed E-state index contributed by atoms with van der Waals surface area (Å²) in [5.74, 6) is 0. The molecule has 124 valence electrons. The van der Waals surface area contributed by atoms with Crippen LogP contribution in [0.3, 0.4) is 0 Å². The lowest BCUT2D eigenvalue weighted by atomic mass is 9.96. The van der Waals surface area contributed by atoms with Crippen LogP contribution in [0.2, 0.25) is 0 Å². The molecule has 1 heterocycles. The molecular weight excluding hydrogens is 320 g/mol. The first-order valence-electron chi connectivity index (χ1n) is 8.97. The van der Waals surface area contributed by atoms with Crippen molar-refractivity contribution in [2.45, 2.75) is 26.2 Å². The molecule has 0 aliphatic heterocycles. The van der Waals surface area contributed by atoms with E-state index in [9.17, 15) is 0 Å². The highest BCUT2D eigenvalue weighted by atomic mass is 32.1. The molecule has 0 spiro atoms. The number of rotatable bonds is 4. The van der Waals surface area contributed by atoms with Gasteiger partial charge in [0.1, 0.15) is 0 Å². The van der Waals surface area contributed by atoms with Crippen molar-refractivity contribution in [3.8, 4) is 0 Å². The van der Waals surface area contributed by atoms with Crippen molar-refractivity contribution in [1.82, 2.24) is 0 Å². The summed E-state index contributed by atoms with van der Waals surface area (Å²) < 4.78 is 2.73. The normalized spacial score (nSPS) is 12.7. The molecule has 25 heavy (non-hydrogen) atoms. The molecule has 0 saturated heterocycles. The average Bonchev–Trinajstić information content (AvgIpc) is 3.01. The zero-order chi connectivity index (χ0) is 17.2. The summed E-state index contributed by atoms with van der Waals surface area (Å²) in [6.07, 6.45) is 3.50. The van der Waals surface area contributed by atoms with Crippen molar-refractivity contribution < 1.29 is 0 Å². The zero-order valence-electron chi connectivity index (χ0n) is 14.6. The van der Waals surface area contributed by atoms with Crippen LogP contribution in [0.1, 0.15) is 31.7 Å². The van der Waals surface area contributed by atoms with Crippen LogP contribution in [0, 0.1) is 0 Å². The molecule has 4 aromatic rings. The molecule has 0 nitrogen and oxygen atoms in total. The van der Waals surface area contributed by atoms with Gasteiger partial charge in [-0.2, -0.15) is 0 Å². The van der Waals surface area contributed by atoms with E-state index in [4.69, 9.17) is 0 Å². The van der Waals surface area contributed by atoms with E-state index in [1.165, 1.54) is 49.4 Å². The smallest absolute Gasteiger partial charge is 0.0361 e. The van der Waals surface area contributed by atoms with Gasteiger partial charge in [0, 0.05) is 20.2 Å². The second kappa shape index (κ2) is 6.85. The molecule has 0 fully saturated rings. The first-order valence-corrected chi connectivity index (χ1v) is 9.78. The number of unbranched alkanes of at least 4 members (excludes halogenated alkanes) is 1. The average molecular weight is 343 g/mol. The van der Waals surface area contributed by atoms with E-state index in [2.05, 4.69) is 80.2 Å². The minimum Gasteiger partial charge on any atom is -0.135 e. The van der Waals surface area contributed by atoms with Gasteiger partial charge in [-0.25, -0.2) is 0 Å². The van der Waals surface area contributed by atoms with Gasteiger partial charge < -0.3 is 0 Å². The number of thiophene rings is 1. The largest absolute Gasteiger partial charge is 0.135 e. The molecule has 0 saturated carbocycles. The lowest BCUT2D eigenvalue weighted by molar-refractivity contribution is 0.822. The van der Waals surface area contributed by atoms with Gasteiger partial charge in [0.25, 0.3) is 0 Å². The monoisotopic (exact) mass is 342 g/mol. The highest BCUT2D eigenvalue weighted by Gasteiger charge is 2.08. The van der Waals surface area contributed by atoms with Gasteiger partial charge in [0.2, 0.25) is 0 Å². The van der Waals surface area contributed by atoms with Gasteiger partial charge in [-0.05, 0) is 46.5 Å². The maximum absolute atomic E-state index is 4.25. The number of fused-ring (bicyclic) bond motifs is 3. The molecule has 0 aliphatic carbocycles. The Hall–Kier alpha value is -2.38. The predicted octanol–water partition coefficient (Wildman–Crippen LogP) is 5.85. The lowest BCUT2D eigenvalue weighted by Gasteiger charge is -2.09. The third-order valence-corrected chi connectivity index (χ3v) is 5.98. The predicted molar refractivity (Wildman–Crippen MR) is 113 cm³/mol. The van der Waals surface area contributed by atoms with Gasteiger partial charge in [0.15, 0.2) is 0 Å².